The Kier molecular flexibility index (Phi) is 4.88. The van der Waals surface area contributed by atoms with Gasteiger partial charge < -0.3 is 9.80 Å². The molecule has 3 rings (SSSR count). The van der Waals surface area contributed by atoms with Crippen molar-refractivity contribution in [3.63, 3.8) is 0 Å². The topological polar surface area (TPSA) is 73.8 Å². The second kappa shape index (κ2) is 6.74. The Bertz CT molecular complexity index is 639. The zero-order valence-electron chi connectivity index (χ0n) is 13.2. The van der Waals surface area contributed by atoms with Crippen LogP contribution in [0.1, 0.15) is 6.42 Å². The summed E-state index contributed by atoms with van der Waals surface area (Å²) in [5.41, 5.74) is 0. The van der Waals surface area contributed by atoms with Crippen LogP contribution in [-0.4, -0.2) is 86.4 Å². The smallest absolute Gasteiger partial charge is 0.236 e. The number of likely N-dealkylation sites (N-methyl/N-ethyl adjacent to an activating group) is 1. The van der Waals surface area contributed by atoms with E-state index in [4.69, 9.17) is 0 Å². The molecule has 0 bridgehead atoms. The lowest BCUT2D eigenvalue weighted by atomic mass is 10.2. The van der Waals surface area contributed by atoms with Crippen LogP contribution in [-0.2, 0) is 14.6 Å². The molecule has 0 N–H and O–H groups in total. The van der Waals surface area contributed by atoms with Gasteiger partial charge >= 0.3 is 0 Å². The van der Waals surface area contributed by atoms with E-state index in [1.165, 1.54) is 0 Å². The lowest BCUT2D eigenvalue weighted by molar-refractivity contribution is -0.132. The fraction of sp³-hybridized carbons (Fsp3) is 0.714. The van der Waals surface area contributed by atoms with Gasteiger partial charge in [0.2, 0.25) is 5.91 Å². The third-order valence-corrected chi connectivity index (χ3v) is 7.12. The molecule has 2 saturated heterocycles. The highest BCUT2D eigenvalue weighted by Crippen LogP contribution is 2.19. The van der Waals surface area contributed by atoms with Gasteiger partial charge in [-0.05, 0) is 13.5 Å². The number of sulfone groups is 1. The number of hydrogen-bond donors (Lipinski definition) is 0. The number of nitrogens with zero attached hydrogens (tertiary/aromatic N) is 4. The standard InChI is InChI=1S/C14H22N4O3S2/c1-16(12-2-9-23(20,21)11-12)10-13(19)17-4-6-18(7-5-17)14-15-3-8-22-14/h3,8,12H,2,4-7,9-11H2,1H3/t12-/m1/s1. The molecular weight excluding hydrogens is 336 g/mol. The first-order chi connectivity index (χ1) is 10.9. The van der Waals surface area contributed by atoms with Crippen LogP contribution in [0.15, 0.2) is 11.6 Å². The molecule has 3 heterocycles. The van der Waals surface area contributed by atoms with E-state index in [2.05, 4.69) is 9.88 Å². The monoisotopic (exact) mass is 358 g/mol. The second-order valence-electron chi connectivity index (χ2n) is 6.15. The minimum atomic E-state index is -2.91. The minimum absolute atomic E-state index is 0.0273. The van der Waals surface area contributed by atoms with Crippen LogP contribution in [0.4, 0.5) is 5.13 Å². The van der Waals surface area contributed by atoms with Gasteiger partial charge in [-0.3, -0.25) is 9.69 Å². The molecule has 0 spiro atoms. The SMILES string of the molecule is CN(CC(=O)N1CCN(c2nccs2)CC1)[C@@H]1CCS(=O)(=O)C1. The Hall–Kier alpha value is -1.19. The number of piperazine rings is 1. The number of aromatic nitrogens is 1. The lowest BCUT2D eigenvalue weighted by Crippen LogP contribution is -2.51. The molecule has 7 nitrogen and oxygen atoms in total. The molecule has 23 heavy (non-hydrogen) atoms. The van der Waals surface area contributed by atoms with Crippen molar-refractivity contribution in [1.29, 1.82) is 0 Å². The van der Waals surface area contributed by atoms with E-state index in [1.54, 1.807) is 17.5 Å². The van der Waals surface area contributed by atoms with Gasteiger partial charge in [0, 0.05) is 43.8 Å². The first-order valence-corrected chi connectivity index (χ1v) is 10.5. The Morgan fingerprint density at radius 1 is 1.39 bits per heavy atom. The van der Waals surface area contributed by atoms with Crippen LogP contribution in [0.2, 0.25) is 0 Å². The summed E-state index contributed by atoms with van der Waals surface area (Å²) < 4.78 is 23.1. The molecule has 1 atom stereocenters. The third-order valence-electron chi connectivity index (χ3n) is 4.54. The molecule has 9 heteroatoms. The van der Waals surface area contributed by atoms with Crippen LogP contribution in [0.25, 0.3) is 0 Å². The molecule has 1 amide bonds. The lowest BCUT2D eigenvalue weighted by Gasteiger charge is -2.35. The van der Waals surface area contributed by atoms with Crippen molar-refractivity contribution in [1.82, 2.24) is 14.8 Å². The minimum Gasteiger partial charge on any atom is -0.345 e. The fourth-order valence-electron chi connectivity index (χ4n) is 3.08. The molecule has 0 radical (unpaired) electrons. The van der Waals surface area contributed by atoms with Gasteiger partial charge in [0.25, 0.3) is 0 Å². The Morgan fingerprint density at radius 3 is 2.70 bits per heavy atom. The summed E-state index contributed by atoms with van der Waals surface area (Å²) in [6, 6.07) is -0.0273. The number of carbonyl (C=O) groups is 1. The average molecular weight is 358 g/mol. The van der Waals surface area contributed by atoms with E-state index < -0.39 is 9.84 Å². The van der Waals surface area contributed by atoms with E-state index in [0.29, 0.717) is 19.5 Å². The summed E-state index contributed by atoms with van der Waals surface area (Å²) >= 11 is 1.61. The summed E-state index contributed by atoms with van der Waals surface area (Å²) in [5.74, 6) is 0.493. The van der Waals surface area contributed by atoms with Crippen LogP contribution in [0.5, 0.6) is 0 Å². The fourth-order valence-corrected chi connectivity index (χ4v) is 5.59. The van der Waals surface area contributed by atoms with Crippen LogP contribution >= 0.6 is 11.3 Å². The molecule has 1 aromatic rings. The van der Waals surface area contributed by atoms with Crippen molar-refractivity contribution >= 4 is 32.2 Å². The summed E-state index contributed by atoms with van der Waals surface area (Å²) in [4.78, 5) is 22.7. The normalized spacial score (nSPS) is 24.3. The maximum absolute atomic E-state index is 12.4. The molecule has 0 aromatic carbocycles. The van der Waals surface area contributed by atoms with Crippen molar-refractivity contribution in [2.75, 3.05) is 56.2 Å². The number of amides is 1. The molecule has 0 unspecified atom stereocenters. The van der Waals surface area contributed by atoms with E-state index in [1.807, 2.05) is 22.2 Å². The second-order valence-corrected chi connectivity index (χ2v) is 9.26. The maximum Gasteiger partial charge on any atom is 0.236 e. The van der Waals surface area contributed by atoms with Gasteiger partial charge in [-0.1, -0.05) is 0 Å². The van der Waals surface area contributed by atoms with Gasteiger partial charge in [-0.15, -0.1) is 11.3 Å². The largest absolute Gasteiger partial charge is 0.345 e. The predicted octanol–water partition coefficient (Wildman–Crippen LogP) is -0.0894. The molecule has 1 aromatic heterocycles. The van der Waals surface area contributed by atoms with Gasteiger partial charge in [-0.2, -0.15) is 0 Å². The van der Waals surface area contributed by atoms with Crippen molar-refractivity contribution in [2.24, 2.45) is 0 Å². The van der Waals surface area contributed by atoms with E-state index in [-0.39, 0.29) is 30.0 Å². The van der Waals surface area contributed by atoms with Crippen molar-refractivity contribution < 1.29 is 13.2 Å². The molecular formula is C14H22N4O3S2. The number of anilines is 1. The van der Waals surface area contributed by atoms with Crippen molar-refractivity contribution in [3.05, 3.63) is 11.6 Å². The number of carbonyl (C=O) groups excluding carboxylic acids is 1. The van der Waals surface area contributed by atoms with Crippen LogP contribution in [0, 0.1) is 0 Å². The van der Waals surface area contributed by atoms with Crippen molar-refractivity contribution in [3.8, 4) is 0 Å². The Morgan fingerprint density at radius 2 is 2.13 bits per heavy atom. The zero-order chi connectivity index (χ0) is 16.4. The average Bonchev–Trinajstić information content (AvgIpc) is 3.16. The summed E-state index contributed by atoms with van der Waals surface area (Å²) in [7, 11) is -1.07. The molecule has 2 fully saturated rings. The number of rotatable bonds is 4. The van der Waals surface area contributed by atoms with Gasteiger partial charge in [0.05, 0.1) is 18.1 Å². The maximum atomic E-state index is 12.4. The zero-order valence-corrected chi connectivity index (χ0v) is 14.9. The highest BCUT2D eigenvalue weighted by Gasteiger charge is 2.32. The van der Waals surface area contributed by atoms with E-state index >= 15 is 0 Å². The molecule has 128 valence electrons. The number of hydrogen-bond acceptors (Lipinski definition) is 7. The first-order valence-electron chi connectivity index (χ1n) is 7.77. The molecule has 0 saturated carbocycles. The Labute approximate surface area is 140 Å². The van der Waals surface area contributed by atoms with Crippen LogP contribution < -0.4 is 4.90 Å². The summed E-state index contributed by atoms with van der Waals surface area (Å²) in [6.45, 7) is 3.25. The Balaban J connectivity index is 1.48. The quantitative estimate of drug-likeness (QED) is 0.749. The predicted molar refractivity (Wildman–Crippen MR) is 90.6 cm³/mol. The summed E-state index contributed by atoms with van der Waals surface area (Å²) in [5, 5.41) is 2.96. The first kappa shape index (κ1) is 16.7. The molecule has 2 aliphatic rings. The van der Waals surface area contributed by atoms with Gasteiger partial charge in [0.1, 0.15) is 0 Å². The highest BCUT2D eigenvalue weighted by molar-refractivity contribution is 7.91. The van der Waals surface area contributed by atoms with Crippen molar-refractivity contribution in [2.45, 2.75) is 12.5 Å². The van der Waals surface area contributed by atoms with E-state index in [0.717, 1.165) is 18.2 Å². The summed E-state index contributed by atoms with van der Waals surface area (Å²) in [6.07, 6.45) is 2.42. The molecule has 0 aliphatic carbocycles. The highest BCUT2D eigenvalue weighted by atomic mass is 32.2. The van der Waals surface area contributed by atoms with E-state index in [9.17, 15) is 13.2 Å². The van der Waals surface area contributed by atoms with Gasteiger partial charge in [-0.25, -0.2) is 13.4 Å². The van der Waals surface area contributed by atoms with Gasteiger partial charge in [0.15, 0.2) is 15.0 Å². The van der Waals surface area contributed by atoms with Crippen LogP contribution in [0.3, 0.4) is 0 Å². The molecule has 2 aliphatic heterocycles. The number of thiazole rings is 1. The third kappa shape index (κ3) is 4.02.